The van der Waals surface area contributed by atoms with Crippen molar-refractivity contribution in [3.8, 4) is 0 Å². The fraction of sp³-hybridized carbons (Fsp3) is 0.600. The van der Waals surface area contributed by atoms with E-state index in [1.165, 1.54) is 12.1 Å². The summed E-state index contributed by atoms with van der Waals surface area (Å²) in [5, 5.41) is 3.40. The van der Waals surface area contributed by atoms with Crippen molar-refractivity contribution in [3.05, 3.63) is 29.8 Å². The van der Waals surface area contributed by atoms with Gasteiger partial charge in [0.25, 0.3) is 0 Å². The first kappa shape index (κ1) is 18.3. The maximum Gasteiger partial charge on any atom is 0.446 e. The van der Waals surface area contributed by atoms with Gasteiger partial charge in [0.2, 0.25) is 0 Å². The first-order chi connectivity index (χ1) is 9.84. The van der Waals surface area contributed by atoms with Crippen molar-refractivity contribution in [1.29, 1.82) is 0 Å². The molecule has 21 heavy (non-hydrogen) atoms. The lowest BCUT2D eigenvalue weighted by molar-refractivity contribution is -0.0328. The van der Waals surface area contributed by atoms with Crippen molar-refractivity contribution < 1.29 is 13.2 Å². The predicted octanol–water partition coefficient (Wildman–Crippen LogP) is 4.12. The largest absolute Gasteiger partial charge is 0.446 e. The lowest BCUT2D eigenvalue weighted by Gasteiger charge is -2.23. The standard InChI is InChI=1S/C15H23F3N2S/c1-4-20(5-2)11-12(3)19-10-13-6-8-14(9-7-13)21-15(16,17)18/h6-9,12,19H,4-5,10-11H2,1-3H3. The fourth-order valence-corrected chi connectivity index (χ4v) is 2.57. The van der Waals surface area contributed by atoms with E-state index in [4.69, 9.17) is 0 Å². The normalized spacial score (nSPS) is 13.7. The van der Waals surface area contributed by atoms with E-state index in [1.807, 2.05) is 0 Å². The van der Waals surface area contributed by atoms with Gasteiger partial charge in [-0.3, -0.25) is 0 Å². The molecule has 0 aromatic heterocycles. The van der Waals surface area contributed by atoms with Gasteiger partial charge in [-0.05, 0) is 49.5 Å². The van der Waals surface area contributed by atoms with Crippen LogP contribution < -0.4 is 5.32 Å². The Kier molecular flexibility index (Phi) is 7.56. The summed E-state index contributed by atoms with van der Waals surface area (Å²) < 4.78 is 36.7. The van der Waals surface area contributed by atoms with Gasteiger partial charge in [0, 0.05) is 24.0 Å². The van der Waals surface area contributed by atoms with Gasteiger partial charge in [0.1, 0.15) is 0 Å². The van der Waals surface area contributed by atoms with Crippen molar-refractivity contribution >= 4 is 11.8 Å². The molecule has 1 aromatic rings. The van der Waals surface area contributed by atoms with E-state index in [2.05, 4.69) is 31.0 Å². The number of halogens is 3. The van der Waals surface area contributed by atoms with Gasteiger partial charge in [-0.1, -0.05) is 26.0 Å². The summed E-state index contributed by atoms with van der Waals surface area (Å²) in [6.45, 7) is 10.1. The van der Waals surface area contributed by atoms with E-state index in [0.29, 0.717) is 12.6 Å². The van der Waals surface area contributed by atoms with Crippen molar-refractivity contribution in [3.63, 3.8) is 0 Å². The molecule has 2 nitrogen and oxygen atoms in total. The summed E-state index contributed by atoms with van der Waals surface area (Å²) in [4.78, 5) is 2.56. The van der Waals surface area contributed by atoms with Crippen molar-refractivity contribution in [2.24, 2.45) is 0 Å². The van der Waals surface area contributed by atoms with Gasteiger partial charge < -0.3 is 10.2 Å². The third kappa shape index (κ3) is 7.74. The lowest BCUT2D eigenvalue weighted by atomic mass is 10.2. The number of benzene rings is 1. The van der Waals surface area contributed by atoms with Crippen LogP contribution in [0.2, 0.25) is 0 Å². The Balaban J connectivity index is 2.42. The molecule has 0 bridgehead atoms. The van der Waals surface area contributed by atoms with Gasteiger partial charge >= 0.3 is 5.51 Å². The van der Waals surface area contributed by atoms with Crippen LogP contribution in [0.3, 0.4) is 0 Å². The smallest absolute Gasteiger partial charge is 0.309 e. The lowest BCUT2D eigenvalue weighted by Crippen LogP contribution is -2.38. The Morgan fingerprint density at radius 2 is 1.71 bits per heavy atom. The zero-order chi connectivity index (χ0) is 15.9. The number of nitrogens with zero attached hydrogens (tertiary/aromatic N) is 1. The molecule has 1 aromatic carbocycles. The van der Waals surface area contributed by atoms with Gasteiger partial charge in [0.05, 0.1) is 0 Å². The van der Waals surface area contributed by atoms with E-state index in [-0.39, 0.29) is 16.7 Å². The third-order valence-corrected chi connectivity index (χ3v) is 3.98. The average molecular weight is 320 g/mol. The summed E-state index contributed by atoms with van der Waals surface area (Å²) >= 11 is -0.0789. The molecule has 0 aliphatic heterocycles. The molecule has 0 fully saturated rings. The highest BCUT2D eigenvalue weighted by atomic mass is 32.2. The molecule has 0 spiro atoms. The molecular weight excluding hydrogens is 297 g/mol. The summed E-state index contributed by atoms with van der Waals surface area (Å²) in [7, 11) is 0. The predicted molar refractivity (Wildman–Crippen MR) is 82.4 cm³/mol. The van der Waals surface area contributed by atoms with Crippen molar-refractivity contribution in [2.75, 3.05) is 19.6 Å². The van der Waals surface area contributed by atoms with Gasteiger partial charge in [0.15, 0.2) is 0 Å². The number of alkyl halides is 3. The van der Waals surface area contributed by atoms with Gasteiger partial charge in [-0.15, -0.1) is 0 Å². The molecule has 0 radical (unpaired) electrons. The molecule has 1 N–H and O–H groups in total. The van der Waals surface area contributed by atoms with Gasteiger partial charge in [-0.2, -0.15) is 13.2 Å². The Labute approximate surface area is 129 Å². The highest BCUT2D eigenvalue weighted by Gasteiger charge is 2.28. The summed E-state index contributed by atoms with van der Waals surface area (Å²) in [6, 6.07) is 6.86. The second kappa shape index (κ2) is 8.66. The fourth-order valence-electron chi connectivity index (χ4n) is 2.03. The van der Waals surface area contributed by atoms with Crippen LogP contribution in [0.15, 0.2) is 29.2 Å². The Morgan fingerprint density at radius 3 is 2.19 bits per heavy atom. The SMILES string of the molecule is CCN(CC)CC(C)NCc1ccc(SC(F)(F)F)cc1. The molecule has 0 aliphatic rings. The number of hydrogen-bond donors (Lipinski definition) is 1. The zero-order valence-corrected chi connectivity index (χ0v) is 13.5. The molecular formula is C15H23F3N2S. The van der Waals surface area contributed by atoms with Crippen LogP contribution in [0.1, 0.15) is 26.3 Å². The first-order valence-corrected chi connectivity index (χ1v) is 7.96. The van der Waals surface area contributed by atoms with E-state index in [0.717, 1.165) is 25.2 Å². The highest BCUT2D eigenvalue weighted by Crippen LogP contribution is 2.36. The van der Waals surface area contributed by atoms with Crippen LogP contribution in [-0.2, 0) is 6.54 Å². The Hall–Kier alpha value is -0.720. The molecule has 1 unspecified atom stereocenters. The van der Waals surface area contributed by atoms with E-state index in [1.54, 1.807) is 12.1 Å². The van der Waals surface area contributed by atoms with Crippen LogP contribution in [0.5, 0.6) is 0 Å². The van der Waals surface area contributed by atoms with Crippen LogP contribution in [0.4, 0.5) is 13.2 Å². The summed E-state index contributed by atoms with van der Waals surface area (Å²) in [5.74, 6) is 0. The quantitative estimate of drug-likeness (QED) is 0.726. The van der Waals surface area contributed by atoms with Crippen molar-refractivity contribution in [1.82, 2.24) is 10.2 Å². The highest BCUT2D eigenvalue weighted by molar-refractivity contribution is 8.00. The topological polar surface area (TPSA) is 15.3 Å². The molecule has 0 aliphatic carbocycles. The third-order valence-electron chi connectivity index (χ3n) is 3.24. The second-order valence-electron chi connectivity index (χ2n) is 4.96. The molecule has 6 heteroatoms. The van der Waals surface area contributed by atoms with E-state index in [9.17, 15) is 13.2 Å². The maximum atomic E-state index is 12.2. The van der Waals surface area contributed by atoms with Crippen molar-refractivity contribution in [2.45, 2.75) is 43.8 Å². The number of hydrogen-bond acceptors (Lipinski definition) is 3. The van der Waals surface area contributed by atoms with Crippen LogP contribution in [-0.4, -0.2) is 36.1 Å². The number of likely N-dealkylation sites (N-methyl/N-ethyl adjacent to an activating group) is 1. The number of thioether (sulfide) groups is 1. The molecule has 0 heterocycles. The van der Waals surface area contributed by atoms with Crippen LogP contribution >= 0.6 is 11.8 Å². The number of nitrogens with one attached hydrogen (secondary N) is 1. The number of rotatable bonds is 8. The molecule has 1 atom stereocenters. The molecule has 120 valence electrons. The summed E-state index contributed by atoms with van der Waals surface area (Å²) in [5.41, 5.74) is -3.23. The first-order valence-electron chi connectivity index (χ1n) is 7.14. The minimum absolute atomic E-state index is 0.0789. The Bertz CT molecular complexity index is 402. The average Bonchev–Trinajstić information content (AvgIpc) is 2.42. The minimum Gasteiger partial charge on any atom is -0.309 e. The summed E-state index contributed by atoms with van der Waals surface area (Å²) in [6.07, 6.45) is 0. The minimum atomic E-state index is -4.22. The van der Waals surface area contributed by atoms with E-state index >= 15 is 0 Å². The molecule has 0 saturated carbocycles. The van der Waals surface area contributed by atoms with Gasteiger partial charge in [-0.25, -0.2) is 0 Å². The Morgan fingerprint density at radius 1 is 1.14 bits per heavy atom. The maximum absolute atomic E-state index is 12.2. The second-order valence-corrected chi connectivity index (χ2v) is 6.10. The zero-order valence-electron chi connectivity index (χ0n) is 12.7. The van der Waals surface area contributed by atoms with Crippen LogP contribution in [0.25, 0.3) is 0 Å². The molecule has 0 saturated heterocycles. The molecule has 0 amide bonds. The van der Waals surface area contributed by atoms with Crippen LogP contribution in [0, 0.1) is 0 Å². The van der Waals surface area contributed by atoms with E-state index < -0.39 is 5.51 Å². The monoisotopic (exact) mass is 320 g/mol. The molecule has 1 rings (SSSR count).